The number of aryl methyl sites for hydroxylation is 1. The van der Waals surface area contributed by atoms with E-state index in [1.165, 1.54) is 5.56 Å². The van der Waals surface area contributed by atoms with Crippen LogP contribution in [0.3, 0.4) is 0 Å². The predicted octanol–water partition coefficient (Wildman–Crippen LogP) is 2.10. The molecular weight excluding hydrogens is 276 g/mol. The average molecular weight is 295 g/mol. The third-order valence-corrected chi connectivity index (χ3v) is 3.82. The number of alkyl halides is 1. The number of nitrogens with zero attached hydrogens (tertiary/aromatic N) is 1. The highest BCUT2D eigenvalue weighted by atomic mass is 35.5. The lowest BCUT2D eigenvalue weighted by Crippen LogP contribution is -2.43. The maximum atomic E-state index is 12.4. The van der Waals surface area contributed by atoms with Crippen molar-refractivity contribution in [2.75, 3.05) is 17.3 Å². The van der Waals surface area contributed by atoms with Gasteiger partial charge in [-0.1, -0.05) is 18.2 Å². The summed E-state index contributed by atoms with van der Waals surface area (Å²) in [4.78, 5) is 25.3. The van der Waals surface area contributed by atoms with Gasteiger partial charge in [-0.2, -0.15) is 0 Å². The molecule has 0 saturated carbocycles. The minimum Gasteiger partial charge on any atom is -0.355 e. The fourth-order valence-electron chi connectivity index (χ4n) is 2.54. The Morgan fingerprint density at radius 3 is 2.90 bits per heavy atom. The third-order valence-electron chi connectivity index (χ3n) is 3.57. The number of amides is 2. The normalized spacial score (nSPS) is 17.5. The first-order chi connectivity index (χ1) is 9.63. The molecule has 1 N–H and O–H groups in total. The molecule has 0 fully saturated rings. The molecular formula is C15H19ClN2O2. The van der Waals surface area contributed by atoms with Crippen LogP contribution >= 0.6 is 11.6 Å². The fraction of sp³-hybridized carbons (Fsp3) is 0.467. The van der Waals surface area contributed by atoms with Crippen molar-refractivity contribution >= 4 is 29.1 Å². The van der Waals surface area contributed by atoms with Crippen molar-refractivity contribution < 1.29 is 9.59 Å². The van der Waals surface area contributed by atoms with E-state index in [1.807, 2.05) is 23.1 Å². The Hall–Kier alpha value is -1.55. The Bertz CT molecular complexity index is 504. The van der Waals surface area contributed by atoms with Gasteiger partial charge in [0.15, 0.2) is 0 Å². The van der Waals surface area contributed by atoms with E-state index in [0.717, 1.165) is 18.5 Å². The van der Waals surface area contributed by atoms with Crippen LogP contribution in [0.1, 0.15) is 25.3 Å². The summed E-state index contributed by atoms with van der Waals surface area (Å²) in [5.41, 5.74) is 2.21. The minimum atomic E-state index is -0.244. The molecule has 2 amide bonds. The number of fused-ring (bicyclic) bond motifs is 1. The van der Waals surface area contributed by atoms with E-state index in [1.54, 1.807) is 0 Å². The standard InChI is InChI=1S/C15H19ClN2O2/c1-11-6-7-12-4-2-3-5-13(12)18(11)15(20)8-9-17-14(19)10-16/h2-5,11H,6-10H2,1H3,(H,17,19). The molecule has 1 unspecified atom stereocenters. The molecule has 0 radical (unpaired) electrons. The number of benzene rings is 1. The van der Waals surface area contributed by atoms with Gasteiger partial charge in [0.1, 0.15) is 5.88 Å². The molecule has 0 aromatic heterocycles. The van der Waals surface area contributed by atoms with Gasteiger partial charge in [0.25, 0.3) is 0 Å². The lowest BCUT2D eigenvalue weighted by Gasteiger charge is -2.35. The second-order valence-electron chi connectivity index (χ2n) is 5.01. The zero-order valence-corrected chi connectivity index (χ0v) is 12.3. The minimum absolute atomic E-state index is 0.0412. The Labute approximate surface area is 124 Å². The smallest absolute Gasteiger partial charge is 0.234 e. The molecule has 108 valence electrons. The van der Waals surface area contributed by atoms with Gasteiger partial charge >= 0.3 is 0 Å². The van der Waals surface area contributed by atoms with Crippen LogP contribution in [-0.4, -0.2) is 30.3 Å². The van der Waals surface area contributed by atoms with Crippen LogP contribution in [0.5, 0.6) is 0 Å². The highest BCUT2D eigenvalue weighted by Crippen LogP contribution is 2.30. The van der Waals surface area contributed by atoms with Crippen molar-refractivity contribution in [1.82, 2.24) is 5.32 Å². The third kappa shape index (κ3) is 3.31. The second kappa shape index (κ2) is 6.75. The largest absolute Gasteiger partial charge is 0.355 e. The average Bonchev–Trinajstić information content (AvgIpc) is 2.46. The van der Waals surface area contributed by atoms with E-state index in [4.69, 9.17) is 11.6 Å². The molecule has 1 atom stereocenters. The molecule has 2 rings (SSSR count). The summed E-state index contributed by atoms with van der Waals surface area (Å²) in [7, 11) is 0. The molecule has 0 saturated heterocycles. The number of halogens is 1. The first-order valence-electron chi connectivity index (χ1n) is 6.86. The Morgan fingerprint density at radius 1 is 1.40 bits per heavy atom. The molecule has 5 heteroatoms. The van der Waals surface area contributed by atoms with Crippen LogP contribution in [0, 0.1) is 0 Å². The SMILES string of the molecule is CC1CCc2ccccc2N1C(=O)CCNC(=O)CCl. The predicted molar refractivity (Wildman–Crippen MR) is 80.1 cm³/mol. The number of carbonyl (C=O) groups is 2. The number of rotatable bonds is 4. The van der Waals surface area contributed by atoms with Crippen LogP contribution in [0.2, 0.25) is 0 Å². The van der Waals surface area contributed by atoms with Gasteiger partial charge < -0.3 is 10.2 Å². The van der Waals surface area contributed by atoms with Crippen LogP contribution in [0.25, 0.3) is 0 Å². The number of carbonyl (C=O) groups excluding carboxylic acids is 2. The van der Waals surface area contributed by atoms with Crippen LogP contribution in [0.4, 0.5) is 5.69 Å². The van der Waals surface area contributed by atoms with E-state index in [9.17, 15) is 9.59 Å². The highest BCUT2D eigenvalue weighted by molar-refractivity contribution is 6.27. The number of hydrogen-bond donors (Lipinski definition) is 1. The molecule has 1 aliphatic heterocycles. The molecule has 4 nitrogen and oxygen atoms in total. The van der Waals surface area contributed by atoms with Gasteiger partial charge in [-0.15, -0.1) is 11.6 Å². The summed E-state index contributed by atoms with van der Waals surface area (Å²) in [6, 6.07) is 8.20. The van der Waals surface area contributed by atoms with E-state index in [2.05, 4.69) is 18.3 Å². The lowest BCUT2D eigenvalue weighted by atomic mass is 9.96. The topological polar surface area (TPSA) is 49.4 Å². The Kier molecular flexibility index (Phi) is 5.01. The first-order valence-corrected chi connectivity index (χ1v) is 7.39. The van der Waals surface area contributed by atoms with Crippen molar-refractivity contribution in [1.29, 1.82) is 0 Å². The molecule has 1 heterocycles. The summed E-state index contributed by atoms with van der Waals surface area (Å²) in [6.45, 7) is 2.39. The zero-order valence-electron chi connectivity index (χ0n) is 11.6. The summed E-state index contributed by atoms with van der Waals surface area (Å²) >= 11 is 5.40. The van der Waals surface area contributed by atoms with Gasteiger partial charge in [-0.3, -0.25) is 9.59 Å². The summed E-state index contributed by atoms with van der Waals surface area (Å²) < 4.78 is 0. The maximum absolute atomic E-state index is 12.4. The number of para-hydroxylation sites is 1. The first kappa shape index (κ1) is 14.9. The summed E-state index contributed by atoms with van der Waals surface area (Å²) in [5, 5.41) is 2.62. The number of nitrogens with one attached hydrogen (secondary N) is 1. The van der Waals surface area contributed by atoms with E-state index in [-0.39, 0.29) is 23.7 Å². The van der Waals surface area contributed by atoms with E-state index in [0.29, 0.717) is 13.0 Å². The molecule has 0 aliphatic carbocycles. The Morgan fingerprint density at radius 2 is 2.15 bits per heavy atom. The van der Waals surface area contributed by atoms with Crippen molar-refractivity contribution in [3.63, 3.8) is 0 Å². The highest BCUT2D eigenvalue weighted by Gasteiger charge is 2.27. The maximum Gasteiger partial charge on any atom is 0.234 e. The van der Waals surface area contributed by atoms with Crippen LogP contribution in [-0.2, 0) is 16.0 Å². The molecule has 20 heavy (non-hydrogen) atoms. The van der Waals surface area contributed by atoms with Crippen LogP contribution < -0.4 is 10.2 Å². The summed E-state index contributed by atoms with van der Waals surface area (Å²) in [5.74, 6) is -0.275. The number of anilines is 1. The van der Waals surface area contributed by atoms with Crippen molar-refractivity contribution in [3.05, 3.63) is 29.8 Å². The van der Waals surface area contributed by atoms with E-state index >= 15 is 0 Å². The fourth-order valence-corrected chi connectivity index (χ4v) is 2.64. The molecule has 1 aromatic carbocycles. The van der Waals surface area contributed by atoms with Crippen molar-refractivity contribution in [3.8, 4) is 0 Å². The van der Waals surface area contributed by atoms with Crippen LogP contribution in [0.15, 0.2) is 24.3 Å². The van der Waals surface area contributed by atoms with Gasteiger partial charge in [-0.25, -0.2) is 0 Å². The van der Waals surface area contributed by atoms with Gasteiger partial charge in [0.05, 0.1) is 0 Å². The second-order valence-corrected chi connectivity index (χ2v) is 5.28. The van der Waals surface area contributed by atoms with Gasteiger partial charge in [0.2, 0.25) is 11.8 Å². The van der Waals surface area contributed by atoms with Crippen molar-refractivity contribution in [2.24, 2.45) is 0 Å². The van der Waals surface area contributed by atoms with E-state index < -0.39 is 0 Å². The molecule has 0 bridgehead atoms. The Balaban J connectivity index is 2.03. The molecule has 0 spiro atoms. The zero-order chi connectivity index (χ0) is 14.5. The summed E-state index contributed by atoms with van der Waals surface area (Å²) in [6.07, 6.45) is 2.27. The van der Waals surface area contributed by atoms with Crippen molar-refractivity contribution in [2.45, 2.75) is 32.2 Å². The molecule has 1 aromatic rings. The molecule has 1 aliphatic rings. The van der Waals surface area contributed by atoms with Gasteiger partial charge in [0, 0.05) is 24.7 Å². The number of hydrogen-bond acceptors (Lipinski definition) is 2. The monoisotopic (exact) mass is 294 g/mol. The quantitative estimate of drug-likeness (QED) is 0.865. The lowest BCUT2D eigenvalue weighted by molar-refractivity contribution is -0.120. The van der Waals surface area contributed by atoms with Gasteiger partial charge in [-0.05, 0) is 31.4 Å².